The van der Waals surface area contributed by atoms with E-state index in [1.54, 1.807) is 18.5 Å². The molecule has 0 radical (unpaired) electrons. The summed E-state index contributed by atoms with van der Waals surface area (Å²) in [6, 6.07) is 5.86. The Labute approximate surface area is 116 Å². The third-order valence-electron chi connectivity index (χ3n) is 3.36. The van der Waals surface area contributed by atoms with Crippen molar-refractivity contribution in [3.05, 3.63) is 46.3 Å². The number of carbonyl (C=O) groups excluding carboxylic acids is 1. The highest BCUT2D eigenvalue weighted by molar-refractivity contribution is 6.40. The van der Waals surface area contributed by atoms with Gasteiger partial charge in [0.05, 0.1) is 22.6 Å². The van der Waals surface area contributed by atoms with E-state index in [9.17, 15) is 9.59 Å². The minimum Gasteiger partial charge on any atom is -0.475 e. The molecular weight excluding hydrogens is 256 g/mol. The lowest BCUT2D eigenvalue weighted by Gasteiger charge is -2.11. The Morgan fingerprint density at radius 2 is 1.65 bits per heavy atom. The van der Waals surface area contributed by atoms with E-state index in [1.165, 1.54) is 0 Å². The summed E-state index contributed by atoms with van der Waals surface area (Å²) < 4.78 is 1.65. The number of aliphatic carboxylic acids is 1. The van der Waals surface area contributed by atoms with Gasteiger partial charge in [0.15, 0.2) is 0 Å². The Hall–Kier alpha value is -2.43. The highest BCUT2D eigenvalue weighted by Gasteiger charge is 2.25. The zero-order valence-corrected chi connectivity index (χ0v) is 11.9. The number of hydrogen-bond donors (Lipinski definition) is 1. The number of carbonyl (C=O) groups is 2. The van der Waals surface area contributed by atoms with Crippen LogP contribution < -0.4 is 0 Å². The second-order valence-corrected chi connectivity index (χ2v) is 4.83. The summed E-state index contributed by atoms with van der Waals surface area (Å²) in [7, 11) is 0. The van der Waals surface area contributed by atoms with Gasteiger partial charge in [-0.1, -0.05) is 18.2 Å². The third kappa shape index (κ3) is 2.11. The van der Waals surface area contributed by atoms with Crippen molar-refractivity contribution >= 4 is 11.8 Å². The molecule has 1 heterocycles. The largest absolute Gasteiger partial charge is 0.475 e. The van der Waals surface area contributed by atoms with Gasteiger partial charge < -0.3 is 5.11 Å². The second-order valence-electron chi connectivity index (χ2n) is 4.83. The van der Waals surface area contributed by atoms with Crippen LogP contribution in [-0.2, 0) is 4.79 Å². The molecule has 2 aromatic rings. The van der Waals surface area contributed by atoms with Gasteiger partial charge >= 0.3 is 5.97 Å². The molecule has 20 heavy (non-hydrogen) atoms. The average Bonchev–Trinajstić information content (AvgIpc) is 2.64. The van der Waals surface area contributed by atoms with E-state index < -0.39 is 11.8 Å². The van der Waals surface area contributed by atoms with E-state index >= 15 is 0 Å². The molecule has 0 amide bonds. The minimum absolute atomic E-state index is 0.167. The van der Waals surface area contributed by atoms with Crippen LogP contribution in [-0.4, -0.2) is 26.6 Å². The summed E-state index contributed by atoms with van der Waals surface area (Å²) >= 11 is 0. The monoisotopic (exact) mass is 272 g/mol. The summed E-state index contributed by atoms with van der Waals surface area (Å²) in [4.78, 5) is 22.6. The average molecular weight is 272 g/mol. The summed E-state index contributed by atoms with van der Waals surface area (Å²) in [5.41, 5.74) is 4.07. The van der Waals surface area contributed by atoms with Crippen LogP contribution >= 0.6 is 0 Å². The zero-order valence-electron chi connectivity index (χ0n) is 11.9. The Morgan fingerprint density at radius 3 is 2.15 bits per heavy atom. The molecule has 5 nitrogen and oxygen atoms in total. The summed E-state index contributed by atoms with van der Waals surface area (Å²) in [5.74, 6) is -2.38. The number of rotatable bonds is 3. The van der Waals surface area contributed by atoms with Crippen LogP contribution in [0.4, 0.5) is 0 Å². The van der Waals surface area contributed by atoms with Gasteiger partial charge in [0.25, 0.3) is 5.78 Å². The van der Waals surface area contributed by atoms with E-state index in [0.717, 1.165) is 16.8 Å². The maximum atomic E-state index is 11.7. The molecule has 2 rings (SSSR count). The quantitative estimate of drug-likeness (QED) is 0.687. The van der Waals surface area contributed by atoms with Crippen molar-refractivity contribution in [2.24, 2.45) is 0 Å². The van der Waals surface area contributed by atoms with Crippen LogP contribution in [0.3, 0.4) is 0 Å². The molecule has 1 aromatic carbocycles. The highest BCUT2D eigenvalue weighted by Crippen LogP contribution is 2.23. The molecule has 0 saturated heterocycles. The topological polar surface area (TPSA) is 72.2 Å². The van der Waals surface area contributed by atoms with Crippen molar-refractivity contribution < 1.29 is 14.7 Å². The van der Waals surface area contributed by atoms with Crippen LogP contribution in [0.5, 0.6) is 0 Å². The Morgan fingerprint density at radius 1 is 1.10 bits per heavy atom. The lowest BCUT2D eigenvalue weighted by Crippen LogP contribution is -2.15. The van der Waals surface area contributed by atoms with Gasteiger partial charge in [0, 0.05) is 0 Å². The van der Waals surface area contributed by atoms with E-state index in [0.29, 0.717) is 11.4 Å². The van der Waals surface area contributed by atoms with Crippen molar-refractivity contribution in [3.8, 4) is 5.69 Å². The minimum atomic E-state index is -1.46. The molecule has 0 spiro atoms. The van der Waals surface area contributed by atoms with E-state index in [4.69, 9.17) is 5.11 Å². The van der Waals surface area contributed by atoms with E-state index in [1.807, 2.05) is 32.0 Å². The number of Topliss-reactive ketones (excluding diaryl/α,β-unsaturated/α-hetero) is 1. The van der Waals surface area contributed by atoms with Crippen LogP contribution in [0, 0.1) is 27.7 Å². The smallest absolute Gasteiger partial charge is 0.377 e. The standard InChI is InChI=1S/C15H16N2O3/c1-8-6-5-7-9(2)13(8)17-11(4)12(10(3)16-17)14(18)15(19)20/h5-7H,1-4H3,(H,19,20). The lowest BCUT2D eigenvalue weighted by molar-refractivity contribution is -0.131. The Bertz CT molecular complexity index is 694. The first-order chi connectivity index (χ1) is 9.34. The normalized spacial score (nSPS) is 10.6. The number of aryl methyl sites for hydroxylation is 3. The van der Waals surface area contributed by atoms with Crippen molar-refractivity contribution in [1.29, 1.82) is 0 Å². The van der Waals surface area contributed by atoms with Gasteiger partial charge in [-0.2, -0.15) is 5.10 Å². The maximum Gasteiger partial charge on any atom is 0.377 e. The highest BCUT2D eigenvalue weighted by atomic mass is 16.4. The number of nitrogens with zero attached hydrogens (tertiary/aromatic N) is 2. The van der Waals surface area contributed by atoms with Gasteiger partial charge in [-0.05, 0) is 38.8 Å². The molecule has 1 aromatic heterocycles. The van der Waals surface area contributed by atoms with Crippen molar-refractivity contribution in [3.63, 3.8) is 0 Å². The van der Waals surface area contributed by atoms with Gasteiger partial charge in [0.1, 0.15) is 0 Å². The Kier molecular flexibility index (Phi) is 3.44. The number of carboxylic acids is 1. The molecule has 0 saturated carbocycles. The fourth-order valence-electron chi connectivity index (χ4n) is 2.44. The summed E-state index contributed by atoms with van der Waals surface area (Å²) in [6.07, 6.45) is 0. The number of hydrogen-bond acceptors (Lipinski definition) is 3. The molecule has 1 N–H and O–H groups in total. The first-order valence-electron chi connectivity index (χ1n) is 6.25. The fourth-order valence-corrected chi connectivity index (χ4v) is 2.44. The fraction of sp³-hybridized carbons (Fsp3) is 0.267. The first kappa shape index (κ1) is 14.0. The first-order valence-corrected chi connectivity index (χ1v) is 6.25. The van der Waals surface area contributed by atoms with Crippen molar-refractivity contribution in [2.75, 3.05) is 0 Å². The van der Waals surface area contributed by atoms with Crippen LogP contribution in [0.1, 0.15) is 32.9 Å². The van der Waals surface area contributed by atoms with E-state index in [2.05, 4.69) is 5.10 Å². The van der Waals surface area contributed by atoms with Crippen molar-refractivity contribution in [2.45, 2.75) is 27.7 Å². The number of benzene rings is 1. The van der Waals surface area contributed by atoms with Gasteiger partial charge in [-0.3, -0.25) is 4.79 Å². The number of carboxylic acid groups (broad SMARTS) is 1. The molecular formula is C15H16N2O3. The number of ketones is 1. The molecule has 104 valence electrons. The molecule has 0 fully saturated rings. The summed E-state index contributed by atoms with van der Waals surface area (Å²) in [6.45, 7) is 7.27. The Balaban J connectivity index is 2.70. The number of aromatic nitrogens is 2. The molecule has 0 aliphatic carbocycles. The lowest BCUT2D eigenvalue weighted by atomic mass is 10.1. The SMILES string of the molecule is Cc1cccc(C)c1-n1nc(C)c(C(=O)C(=O)O)c1C. The van der Waals surface area contributed by atoms with Crippen LogP contribution in [0.25, 0.3) is 5.69 Å². The maximum absolute atomic E-state index is 11.7. The third-order valence-corrected chi connectivity index (χ3v) is 3.36. The van der Waals surface area contributed by atoms with Gasteiger partial charge in [-0.15, -0.1) is 0 Å². The molecule has 0 aliphatic rings. The molecule has 0 atom stereocenters. The summed E-state index contributed by atoms with van der Waals surface area (Å²) in [5, 5.41) is 13.2. The van der Waals surface area contributed by atoms with Crippen molar-refractivity contribution in [1.82, 2.24) is 9.78 Å². The van der Waals surface area contributed by atoms with Gasteiger partial charge in [0.2, 0.25) is 0 Å². The predicted octanol–water partition coefficient (Wildman–Crippen LogP) is 2.37. The van der Waals surface area contributed by atoms with Gasteiger partial charge in [-0.25, -0.2) is 9.48 Å². The molecule has 5 heteroatoms. The molecule has 0 aliphatic heterocycles. The second kappa shape index (κ2) is 4.92. The van der Waals surface area contributed by atoms with Crippen LogP contribution in [0.2, 0.25) is 0 Å². The number of para-hydroxylation sites is 1. The van der Waals surface area contributed by atoms with E-state index in [-0.39, 0.29) is 5.56 Å². The predicted molar refractivity (Wildman–Crippen MR) is 74.5 cm³/mol. The zero-order chi connectivity index (χ0) is 15.0. The molecule has 0 bridgehead atoms. The molecule has 0 unspecified atom stereocenters. The van der Waals surface area contributed by atoms with Crippen LogP contribution in [0.15, 0.2) is 18.2 Å².